The molecule has 2 aliphatic rings. The van der Waals surface area contributed by atoms with Gasteiger partial charge in [-0.3, -0.25) is 0 Å². The van der Waals surface area contributed by atoms with Crippen molar-refractivity contribution < 1.29 is 0 Å². The minimum atomic E-state index is 0.632. The van der Waals surface area contributed by atoms with E-state index in [1.165, 1.54) is 30.5 Å². The number of benzene rings is 1. The normalized spacial score (nSPS) is 27.8. The number of hydrogen-bond donors (Lipinski definition) is 2. The van der Waals surface area contributed by atoms with Crippen molar-refractivity contribution in [2.75, 3.05) is 11.9 Å². The van der Waals surface area contributed by atoms with Gasteiger partial charge in [-0.1, -0.05) is 24.3 Å². The molecule has 2 atom stereocenters. The maximum Gasteiger partial charge on any atom is 0.0374 e. The second kappa shape index (κ2) is 4.20. The number of nitrogens with one attached hydrogen (secondary N) is 2. The minimum absolute atomic E-state index is 0.632. The highest BCUT2D eigenvalue weighted by Gasteiger charge is 2.25. The monoisotopic (exact) mass is 214 g/mol. The highest BCUT2D eigenvalue weighted by Crippen LogP contribution is 2.29. The zero-order valence-electron chi connectivity index (χ0n) is 9.45. The summed E-state index contributed by atoms with van der Waals surface area (Å²) in [5, 5.41) is 7.03. The Hall–Kier alpha value is -1.44. The van der Waals surface area contributed by atoms with E-state index in [0.717, 1.165) is 12.5 Å². The molecule has 2 heterocycles. The van der Waals surface area contributed by atoms with E-state index >= 15 is 0 Å². The van der Waals surface area contributed by atoms with Crippen LogP contribution in [-0.2, 0) is 6.42 Å². The largest absolute Gasteiger partial charge is 0.391 e. The number of fused-ring (bicyclic) bond motifs is 1. The topological polar surface area (TPSA) is 24.1 Å². The fourth-order valence-corrected chi connectivity index (χ4v) is 2.75. The van der Waals surface area contributed by atoms with Crippen LogP contribution in [0.2, 0.25) is 0 Å². The third-order valence-corrected chi connectivity index (χ3v) is 3.71. The van der Waals surface area contributed by atoms with Gasteiger partial charge in [0.05, 0.1) is 0 Å². The van der Waals surface area contributed by atoms with E-state index in [0.29, 0.717) is 6.04 Å². The first kappa shape index (κ1) is 9.76. The van der Waals surface area contributed by atoms with Crippen LogP contribution in [0.4, 0.5) is 5.69 Å². The molecular formula is C14H18N2. The van der Waals surface area contributed by atoms with Gasteiger partial charge in [0.2, 0.25) is 0 Å². The Kier molecular flexibility index (Phi) is 2.56. The van der Waals surface area contributed by atoms with Crippen molar-refractivity contribution in [2.45, 2.75) is 25.3 Å². The highest BCUT2D eigenvalue weighted by molar-refractivity contribution is 5.53. The summed E-state index contributed by atoms with van der Waals surface area (Å²) < 4.78 is 0. The van der Waals surface area contributed by atoms with Crippen molar-refractivity contribution in [2.24, 2.45) is 5.92 Å². The number of para-hydroxylation sites is 1. The highest BCUT2D eigenvalue weighted by atomic mass is 15.0. The number of allylic oxidation sites excluding steroid dienone is 1. The molecule has 0 saturated carbocycles. The summed E-state index contributed by atoms with van der Waals surface area (Å²) in [6.45, 7) is 1.11. The molecule has 3 rings (SSSR count). The molecule has 0 amide bonds. The zero-order chi connectivity index (χ0) is 10.8. The van der Waals surface area contributed by atoms with Gasteiger partial charge in [0.25, 0.3) is 0 Å². The van der Waals surface area contributed by atoms with E-state index in [2.05, 4.69) is 47.2 Å². The molecule has 0 bridgehead atoms. The van der Waals surface area contributed by atoms with Crippen LogP contribution < -0.4 is 10.6 Å². The van der Waals surface area contributed by atoms with Gasteiger partial charge in [-0.15, -0.1) is 0 Å². The van der Waals surface area contributed by atoms with Gasteiger partial charge >= 0.3 is 0 Å². The van der Waals surface area contributed by atoms with E-state index < -0.39 is 0 Å². The van der Waals surface area contributed by atoms with E-state index in [1.807, 2.05) is 0 Å². The quantitative estimate of drug-likeness (QED) is 0.750. The third kappa shape index (κ3) is 1.80. The fraction of sp³-hybridized carbons (Fsp3) is 0.429. The first-order valence-corrected chi connectivity index (χ1v) is 6.16. The predicted octanol–water partition coefficient (Wildman–Crippen LogP) is 2.54. The second-order valence-corrected chi connectivity index (χ2v) is 4.75. The van der Waals surface area contributed by atoms with E-state index in [1.54, 1.807) is 0 Å². The number of aryl methyl sites for hydroxylation is 1. The minimum Gasteiger partial charge on any atom is -0.391 e. The molecule has 0 aromatic heterocycles. The molecule has 16 heavy (non-hydrogen) atoms. The molecule has 0 aliphatic carbocycles. The summed E-state index contributed by atoms with van der Waals surface area (Å²) >= 11 is 0. The van der Waals surface area contributed by atoms with Crippen LogP contribution in [0.3, 0.4) is 0 Å². The SMILES string of the molecule is C1=CNCC(C2CCc3ccccc3N2)C1. The molecule has 2 N–H and O–H groups in total. The van der Waals surface area contributed by atoms with Crippen LogP contribution in [0.25, 0.3) is 0 Å². The standard InChI is InChI=1S/C14H18N2/c1-2-6-13-11(4-1)7-8-14(16-13)12-5-3-9-15-10-12/h1-4,6,9,12,14-16H,5,7-8,10H2. The van der Waals surface area contributed by atoms with Gasteiger partial charge in [-0.25, -0.2) is 0 Å². The molecule has 1 aromatic rings. The van der Waals surface area contributed by atoms with Crippen LogP contribution in [0.1, 0.15) is 18.4 Å². The lowest BCUT2D eigenvalue weighted by molar-refractivity contribution is 0.399. The summed E-state index contributed by atoms with van der Waals surface area (Å²) in [5.74, 6) is 0.735. The Balaban J connectivity index is 1.75. The summed E-state index contributed by atoms with van der Waals surface area (Å²) in [6, 6.07) is 9.32. The molecule has 0 fully saturated rings. The molecule has 0 spiro atoms. The summed E-state index contributed by atoms with van der Waals surface area (Å²) in [7, 11) is 0. The van der Waals surface area contributed by atoms with Crippen LogP contribution in [0, 0.1) is 5.92 Å². The molecular weight excluding hydrogens is 196 g/mol. The van der Waals surface area contributed by atoms with E-state index in [4.69, 9.17) is 0 Å². The van der Waals surface area contributed by atoms with E-state index in [-0.39, 0.29) is 0 Å². The maximum atomic E-state index is 3.69. The maximum absolute atomic E-state index is 3.69. The summed E-state index contributed by atoms with van der Waals surface area (Å²) in [4.78, 5) is 0. The Morgan fingerprint density at radius 3 is 3.00 bits per heavy atom. The Labute approximate surface area is 96.7 Å². The Morgan fingerprint density at radius 2 is 2.12 bits per heavy atom. The molecule has 0 radical (unpaired) electrons. The van der Waals surface area contributed by atoms with Crippen molar-refractivity contribution in [1.29, 1.82) is 0 Å². The Morgan fingerprint density at radius 1 is 1.19 bits per heavy atom. The van der Waals surface area contributed by atoms with Gasteiger partial charge < -0.3 is 10.6 Å². The fourth-order valence-electron chi connectivity index (χ4n) is 2.75. The van der Waals surface area contributed by atoms with Crippen LogP contribution in [0.5, 0.6) is 0 Å². The van der Waals surface area contributed by atoms with Crippen molar-refractivity contribution >= 4 is 5.69 Å². The average molecular weight is 214 g/mol. The molecule has 1 aromatic carbocycles. The number of anilines is 1. The number of hydrogen-bond acceptors (Lipinski definition) is 2. The third-order valence-electron chi connectivity index (χ3n) is 3.71. The Bertz CT molecular complexity index is 397. The van der Waals surface area contributed by atoms with Gasteiger partial charge in [-0.05, 0) is 43.0 Å². The van der Waals surface area contributed by atoms with Crippen LogP contribution in [-0.4, -0.2) is 12.6 Å². The van der Waals surface area contributed by atoms with Crippen molar-refractivity contribution in [3.8, 4) is 0 Å². The molecule has 2 nitrogen and oxygen atoms in total. The van der Waals surface area contributed by atoms with Crippen molar-refractivity contribution in [1.82, 2.24) is 5.32 Å². The average Bonchev–Trinajstić information content (AvgIpc) is 2.39. The lowest BCUT2D eigenvalue weighted by Crippen LogP contribution is -2.38. The molecule has 2 aliphatic heterocycles. The zero-order valence-corrected chi connectivity index (χ0v) is 9.45. The van der Waals surface area contributed by atoms with Gasteiger partial charge in [0.15, 0.2) is 0 Å². The molecule has 84 valence electrons. The number of rotatable bonds is 1. The molecule has 2 unspecified atom stereocenters. The first-order valence-electron chi connectivity index (χ1n) is 6.16. The van der Waals surface area contributed by atoms with Crippen LogP contribution in [0.15, 0.2) is 36.5 Å². The van der Waals surface area contributed by atoms with Gasteiger partial charge in [0.1, 0.15) is 0 Å². The van der Waals surface area contributed by atoms with Gasteiger partial charge in [-0.2, -0.15) is 0 Å². The second-order valence-electron chi connectivity index (χ2n) is 4.75. The molecule has 0 saturated heterocycles. The van der Waals surface area contributed by atoms with Crippen molar-refractivity contribution in [3.63, 3.8) is 0 Å². The van der Waals surface area contributed by atoms with Gasteiger partial charge in [0, 0.05) is 18.3 Å². The van der Waals surface area contributed by atoms with E-state index in [9.17, 15) is 0 Å². The summed E-state index contributed by atoms with van der Waals surface area (Å²) in [5.41, 5.74) is 2.81. The van der Waals surface area contributed by atoms with Crippen LogP contribution >= 0.6 is 0 Å². The first-order chi connectivity index (χ1) is 7.93. The predicted molar refractivity (Wildman–Crippen MR) is 67.4 cm³/mol. The summed E-state index contributed by atoms with van der Waals surface area (Å²) in [6.07, 6.45) is 8.00. The lowest BCUT2D eigenvalue weighted by atomic mass is 9.86. The smallest absolute Gasteiger partial charge is 0.0374 e. The lowest BCUT2D eigenvalue weighted by Gasteiger charge is -2.34. The molecule has 2 heteroatoms. The van der Waals surface area contributed by atoms with Crippen molar-refractivity contribution in [3.05, 3.63) is 42.1 Å².